The van der Waals surface area contributed by atoms with Crippen LogP contribution in [-0.4, -0.2) is 17.3 Å². The average Bonchev–Trinajstić information content (AvgIpc) is 2.22. The minimum Gasteiger partial charge on any atom is -0.488 e. The molecule has 0 amide bonds. The molecule has 0 aromatic heterocycles. The van der Waals surface area contributed by atoms with Gasteiger partial charge in [-0.3, -0.25) is 0 Å². The van der Waals surface area contributed by atoms with E-state index < -0.39 is 6.10 Å². The molecule has 2 unspecified atom stereocenters. The van der Waals surface area contributed by atoms with E-state index in [-0.39, 0.29) is 6.10 Å². The monoisotopic (exact) mass is 208 g/mol. The molecule has 1 rings (SSSR count). The first kappa shape index (κ1) is 12.1. The number of rotatable bonds is 4. The van der Waals surface area contributed by atoms with Crippen LogP contribution >= 0.6 is 0 Å². The largest absolute Gasteiger partial charge is 0.488 e. The molecule has 1 N–H and O–H groups in total. The Labute approximate surface area is 91.9 Å². The highest BCUT2D eigenvalue weighted by Gasteiger charge is 2.13. The number of benzene rings is 1. The van der Waals surface area contributed by atoms with Gasteiger partial charge in [-0.2, -0.15) is 0 Å². The summed E-state index contributed by atoms with van der Waals surface area (Å²) in [7, 11) is 0. The molecule has 0 aliphatic carbocycles. The normalized spacial score (nSPS) is 14.7. The summed E-state index contributed by atoms with van der Waals surface area (Å²) in [4.78, 5) is 0. The van der Waals surface area contributed by atoms with Gasteiger partial charge < -0.3 is 9.84 Å². The molecule has 0 saturated carbocycles. The summed E-state index contributed by atoms with van der Waals surface area (Å²) in [6.07, 6.45) is 0.162. The zero-order valence-corrected chi connectivity index (χ0v) is 9.95. The molecule has 0 radical (unpaired) electrons. The van der Waals surface area contributed by atoms with Gasteiger partial charge in [-0.1, -0.05) is 13.0 Å². The Bertz CT molecular complexity index is 320. The molecular weight excluding hydrogens is 188 g/mol. The van der Waals surface area contributed by atoms with Crippen LogP contribution < -0.4 is 4.74 Å². The second-order valence-electron chi connectivity index (χ2n) is 4.04. The fourth-order valence-electron chi connectivity index (χ4n) is 1.41. The highest BCUT2D eigenvalue weighted by atomic mass is 16.5. The predicted molar refractivity (Wildman–Crippen MR) is 62.3 cm³/mol. The Morgan fingerprint density at radius 3 is 2.47 bits per heavy atom. The van der Waals surface area contributed by atoms with Gasteiger partial charge in [0.2, 0.25) is 0 Å². The Morgan fingerprint density at radius 2 is 1.93 bits per heavy atom. The van der Waals surface area contributed by atoms with Crippen LogP contribution in [0, 0.1) is 13.8 Å². The number of ether oxygens (including phenoxy) is 1. The Morgan fingerprint density at radius 1 is 1.27 bits per heavy atom. The third-order valence-corrected chi connectivity index (χ3v) is 2.76. The summed E-state index contributed by atoms with van der Waals surface area (Å²) in [6.45, 7) is 7.97. The molecule has 0 heterocycles. The molecule has 0 spiro atoms. The van der Waals surface area contributed by atoms with Gasteiger partial charge in [0, 0.05) is 0 Å². The highest BCUT2D eigenvalue weighted by molar-refractivity contribution is 5.33. The van der Waals surface area contributed by atoms with E-state index in [1.807, 2.05) is 32.0 Å². The SMILES string of the molecule is CCC(O)C(C)Oc1ccc(C)c(C)c1. The van der Waals surface area contributed by atoms with Gasteiger partial charge >= 0.3 is 0 Å². The lowest BCUT2D eigenvalue weighted by Crippen LogP contribution is -2.27. The maximum atomic E-state index is 9.59. The summed E-state index contributed by atoms with van der Waals surface area (Å²) in [5.41, 5.74) is 2.47. The maximum absolute atomic E-state index is 9.59. The average molecular weight is 208 g/mol. The van der Waals surface area contributed by atoms with Gasteiger partial charge in [0.1, 0.15) is 11.9 Å². The zero-order valence-electron chi connectivity index (χ0n) is 9.95. The van der Waals surface area contributed by atoms with Crippen molar-refractivity contribution >= 4 is 0 Å². The number of aliphatic hydroxyl groups excluding tert-OH is 1. The minimum absolute atomic E-state index is 0.155. The second-order valence-corrected chi connectivity index (χ2v) is 4.04. The van der Waals surface area contributed by atoms with Crippen LogP contribution in [0.3, 0.4) is 0 Å². The van der Waals surface area contributed by atoms with E-state index >= 15 is 0 Å². The lowest BCUT2D eigenvalue weighted by molar-refractivity contribution is 0.0451. The van der Waals surface area contributed by atoms with E-state index in [2.05, 4.69) is 13.8 Å². The van der Waals surface area contributed by atoms with Gasteiger partial charge in [-0.05, 0) is 50.5 Å². The Hall–Kier alpha value is -1.02. The molecule has 2 atom stereocenters. The Kier molecular flexibility index (Phi) is 4.15. The van der Waals surface area contributed by atoms with Crippen molar-refractivity contribution in [1.29, 1.82) is 0 Å². The van der Waals surface area contributed by atoms with E-state index in [4.69, 9.17) is 4.74 Å². The van der Waals surface area contributed by atoms with Crippen LogP contribution in [0.5, 0.6) is 5.75 Å². The van der Waals surface area contributed by atoms with E-state index in [0.717, 1.165) is 5.75 Å². The third kappa shape index (κ3) is 3.24. The van der Waals surface area contributed by atoms with Crippen LogP contribution in [0.15, 0.2) is 18.2 Å². The fraction of sp³-hybridized carbons (Fsp3) is 0.538. The van der Waals surface area contributed by atoms with Crippen LogP contribution in [0.25, 0.3) is 0 Å². The van der Waals surface area contributed by atoms with Crippen LogP contribution in [0.4, 0.5) is 0 Å². The van der Waals surface area contributed by atoms with Crippen molar-refractivity contribution in [2.24, 2.45) is 0 Å². The second kappa shape index (κ2) is 5.17. The molecule has 1 aromatic carbocycles. The van der Waals surface area contributed by atoms with Crippen molar-refractivity contribution < 1.29 is 9.84 Å². The number of aliphatic hydroxyl groups is 1. The van der Waals surface area contributed by atoms with Crippen molar-refractivity contribution in [3.8, 4) is 5.75 Å². The number of hydrogen-bond acceptors (Lipinski definition) is 2. The molecule has 0 fully saturated rings. The molecule has 15 heavy (non-hydrogen) atoms. The Balaban J connectivity index is 2.68. The van der Waals surface area contributed by atoms with Crippen molar-refractivity contribution in [3.05, 3.63) is 29.3 Å². The minimum atomic E-state index is -0.397. The van der Waals surface area contributed by atoms with Gasteiger partial charge in [0.15, 0.2) is 0 Å². The topological polar surface area (TPSA) is 29.5 Å². The highest BCUT2D eigenvalue weighted by Crippen LogP contribution is 2.18. The van der Waals surface area contributed by atoms with Crippen LogP contribution in [0.2, 0.25) is 0 Å². The van der Waals surface area contributed by atoms with Crippen LogP contribution in [0.1, 0.15) is 31.4 Å². The van der Waals surface area contributed by atoms with E-state index in [9.17, 15) is 5.11 Å². The number of hydrogen-bond donors (Lipinski definition) is 1. The summed E-state index contributed by atoms with van der Waals surface area (Å²) >= 11 is 0. The summed E-state index contributed by atoms with van der Waals surface area (Å²) in [5, 5.41) is 9.59. The molecule has 1 aromatic rings. The predicted octanol–water partition coefficient (Wildman–Crippen LogP) is 2.84. The molecule has 2 nitrogen and oxygen atoms in total. The van der Waals surface area contributed by atoms with E-state index in [1.54, 1.807) is 0 Å². The van der Waals surface area contributed by atoms with E-state index in [1.165, 1.54) is 11.1 Å². The lowest BCUT2D eigenvalue weighted by Gasteiger charge is -2.19. The number of aryl methyl sites for hydroxylation is 2. The first-order chi connectivity index (χ1) is 7.04. The molecule has 0 saturated heterocycles. The van der Waals surface area contributed by atoms with Gasteiger partial charge in [0.05, 0.1) is 6.10 Å². The standard InChI is InChI=1S/C13H20O2/c1-5-13(14)11(4)15-12-7-6-9(2)10(3)8-12/h6-8,11,13-14H,5H2,1-4H3. The fourth-order valence-corrected chi connectivity index (χ4v) is 1.41. The van der Waals surface area contributed by atoms with Crippen LogP contribution in [-0.2, 0) is 0 Å². The molecule has 0 aliphatic rings. The molecule has 84 valence electrons. The summed E-state index contributed by atoms with van der Waals surface area (Å²) in [6, 6.07) is 5.99. The van der Waals surface area contributed by atoms with Gasteiger partial charge in [-0.15, -0.1) is 0 Å². The molecular formula is C13H20O2. The van der Waals surface area contributed by atoms with Crippen molar-refractivity contribution in [1.82, 2.24) is 0 Å². The molecule has 0 bridgehead atoms. The lowest BCUT2D eigenvalue weighted by atomic mass is 10.1. The van der Waals surface area contributed by atoms with Crippen molar-refractivity contribution in [2.45, 2.75) is 46.3 Å². The third-order valence-electron chi connectivity index (χ3n) is 2.76. The first-order valence-corrected chi connectivity index (χ1v) is 5.46. The first-order valence-electron chi connectivity index (χ1n) is 5.46. The van der Waals surface area contributed by atoms with Gasteiger partial charge in [-0.25, -0.2) is 0 Å². The smallest absolute Gasteiger partial charge is 0.122 e. The summed E-state index contributed by atoms with van der Waals surface area (Å²) in [5.74, 6) is 0.832. The molecule has 0 aliphatic heterocycles. The van der Waals surface area contributed by atoms with Crippen molar-refractivity contribution in [3.63, 3.8) is 0 Å². The zero-order chi connectivity index (χ0) is 11.4. The molecule has 2 heteroatoms. The summed E-state index contributed by atoms with van der Waals surface area (Å²) < 4.78 is 5.65. The van der Waals surface area contributed by atoms with Crippen molar-refractivity contribution in [2.75, 3.05) is 0 Å². The van der Waals surface area contributed by atoms with Gasteiger partial charge in [0.25, 0.3) is 0 Å². The quantitative estimate of drug-likeness (QED) is 0.824. The van der Waals surface area contributed by atoms with E-state index in [0.29, 0.717) is 6.42 Å². The maximum Gasteiger partial charge on any atom is 0.122 e.